The highest BCUT2D eigenvalue weighted by Crippen LogP contribution is 2.29. The average molecular weight is 292 g/mol. The molecule has 6 heteroatoms. The minimum absolute atomic E-state index is 0.259. The topological polar surface area (TPSA) is 78.9 Å². The monoisotopic (exact) mass is 292 g/mol. The van der Waals surface area contributed by atoms with Crippen molar-refractivity contribution in [1.29, 1.82) is 0 Å². The van der Waals surface area contributed by atoms with Crippen LogP contribution in [0.1, 0.15) is 18.4 Å². The minimum atomic E-state index is -0.991. The Hall–Kier alpha value is -2.24. The number of amides is 2. The van der Waals surface area contributed by atoms with Gasteiger partial charge in [0.1, 0.15) is 12.3 Å². The summed E-state index contributed by atoms with van der Waals surface area (Å²) in [6, 6.07) is 7.03. The van der Waals surface area contributed by atoms with Gasteiger partial charge in [-0.3, -0.25) is 4.79 Å². The Morgan fingerprint density at radius 1 is 1.33 bits per heavy atom. The fourth-order valence-electron chi connectivity index (χ4n) is 2.03. The smallest absolute Gasteiger partial charge is 0.323 e. The summed E-state index contributed by atoms with van der Waals surface area (Å²) in [5, 5.41) is 11.6. The molecule has 21 heavy (non-hydrogen) atoms. The molecule has 0 bridgehead atoms. The molecule has 1 aromatic carbocycles. The number of hydrogen-bond acceptors (Lipinski definition) is 3. The molecule has 2 rings (SSSR count). The first kappa shape index (κ1) is 15.2. The number of aliphatic carboxylic acids is 1. The summed E-state index contributed by atoms with van der Waals surface area (Å²) in [6.45, 7) is 0.620. The number of carbonyl (C=O) groups is 2. The summed E-state index contributed by atoms with van der Waals surface area (Å²) in [5.41, 5.74) is 0.936. The number of nitrogens with one attached hydrogen (secondary N) is 1. The van der Waals surface area contributed by atoms with Crippen molar-refractivity contribution in [3.05, 3.63) is 29.8 Å². The third kappa shape index (κ3) is 4.98. The highest BCUT2D eigenvalue weighted by Gasteiger charge is 2.27. The number of carboxylic acids is 1. The maximum atomic E-state index is 12.1. The summed E-state index contributed by atoms with van der Waals surface area (Å²) < 4.78 is 5.07. The number of nitrogens with zero attached hydrogens (tertiary/aromatic N) is 1. The van der Waals surface area contributed by atoms with E-state index < -0.39 is 5.97 Å². The van der Waals surface area contributed by atoms with E-state index in [4.69, 9.17) is 9.84 Å². The maximum Gasteiger partial charge on any atom is 0.323 e. The van der Waals surface area contributed by atoms with Crippen molar-refractivity contribution in [3.63, 3.8) is 0 Å². The molecule has 0 spiro atoms. The van der Waals surface area contributed by atoms with Crippen LogP contribution in [0.5, 0.6) is 5.75 Å². The molecule has 6 nitrogen and oxygen atoms in total. The predicted octanol–water partition coefficient (Wildman–Crippen LogP) is 1.70. The quantitative estimate of drug-likeness (QED) is 0.801. The van der Waals surface area contributed by atoms with Crippen LogP contribution in [0.3, 0.4) is 0 Å². The van der Waals surface area contributed by atoms with E-state index in [1.165, 1.54) is 4.90 Å². The SMILES string of the molecule is COc1ccc(CNC(=O)N(CC(=O)O)CC2CC2)cc1. The molecular formula is C15H20N2O4. The van der Waals surface area contributed by atoms with Crippen LogP contribution in [0.4, 0.5) is 4.79 Å². The molecule has 0 radical (unpaired) electrons. The van der Waals surface area contributed by atoms with Gasteiger partial charge in [-0.05, 0) is 36.5 Å². The van der Waals surface area contributed by atoms with Crippen molar-refractivity contribution in [2.45, 2.75) is 19.4 Å². The van der Waals surface area contributed by atoms with E-state index in [0.717, 1.165) is 24.2 Å². The van der Waals surface area contributed by atoms with Crippen LogP contribution >= 0.6 is 0 Å². The molecule has 0 saturated heterocycles. The Balaban J connectivity index is 1.86. The molecule has 1 aliphatic rings. The molecule has 0 aliphatic heterocycles. The first-order chi connectivity index (χ1) is 10.1. The third-order valence-corrected chi connectivity index (χ3v) is 3.39. The molecular weight excluding hydrogens is 272 g/mol. The van der Waals surface area contributed by atoms with Gasteiger partial charge in [0, 0.05) is 13.1 Å². The fourth-order valence-corrected chi connectivity index (χ4v) is 2.03. The van der Waals surface area contributed by atoms with Gasteiger partial charge in [-0.15, -0.1) is 0 Å². The summed E-state index contributed by atoms with van der Waals surface area (Å²) in [6.07, 6.45) is 2.14. The maximum absolute atomic E-state index is 12.1. The van der Waals surface area contributed by atoms with Crippen molar-refractivity contribution >= 4 is 12.0 Å². The van der Waals surface area contributed by atoms with Crippen LogP contribution in [0.2, 0.25) is 0 Å². The van der Waals surface area contributed by atoms with Crippen LogP contribution in [0.25, 0.3) is 0 Å². The fraction of sp³-hybridized carbons (Fsp3) is 0.467. The molecule has 0 unspecified atom stereocenters. The zero-order valence-electron chi connectivity index (χ0n) is 12.0. The number of carbonyl (C=O) groups excluding carboxylic acids is 1. The van der Waals surface area contributed by atoms with Gasteiger partial charge in [0.2, 0.25) is 0 Å². The lowest BCUT2D eigenvalue weighted by atomic mass is 10.2. The molecule has 114 valence electrons. The van der Waals surface area contributed by atoms with Gasteiger partial charge in [-0.25, -0.2) is 4.79 Å². The summed E-state index contributed by atoms with van der Waals surface area (Å²) in [7, 11) is 1.60. The van der Waals surface area contributed by atoms with Gasteiger partial charge < -0.3 is 20.1 Å². The van der Waals surface area contributed by atoms with Crippen molar-refractivity contribution in [2.75, 3.05) is 20.2 Å². The second-order valence-corrected chi connectivity index (χ2v) is 5.22. The van der Waals surface area contributed by atoms with E-state index >= 15 is 0 Å². The first-order valence-electron chi connectivity index (χ1n) is 6.96. The number of ether oxygens (including phenoxy) is 1. The molecule has 1 aliphatic carbocycles. The zero-order chi connectivity index (χ0) is 15.2. The molecule has 0 heterocycles. The van der Waals surface area contributed by atoms with Gasteiger partial charge in [0.05, 0.1) is 7.11 Å². The van der Waals surface area contributed by atoms with Gasteiger partial charge >= 0.3 is 12.0 Å². The lowest BCUT2D eigenvalue weighted by Gasteiger charge is -2.21. The lowest BCUT2D eigenvalue weighted by Crippen LogP contribution is -2.43. The van der Waals surface area contributed by atoms with Crippen LogP contribution in [-0.4, -0.2) is 42.2 Å². The van der Waals surface area contributed by atoms with E-state index in [9.17, 15) is 9.59 Å². The van der Waals surface area contributed by atoms with E-state index in [1.54, 1.807) is 7.11 Å². The number of methoxy groups -OCH3 is 1. The number of benzene rings is 1. The van der Waals surface area contributed by atoms with Crippen molar-refractivity contribution in [1.82, 2.24) is 10.2 Å². The van der Waals surface area contributed by atoms with E-state index in [0.29, 0.717) is 19.0 Å². The summed E-state index contributed by atoms with van der Waals surface area (Å²) in [4.78, 5) is 24.3. The van der Waals surface area contributed by atoms with Crippen molar-refractivity contribution in [3.8, 4) is 5.75 Å². The number of urea groups is 1. The standard InChI is InChI=1S/C15H20N2O4/c1-21-13-6-4-11(5-7-13)8-16-15(20)17(10-14(18)19)9-12-2-3-12/h4-7,12H,2-3,8-10H2,1H3,(H,16,20)(H,18,19). The number of rotatable bonds is 7. The lowest BCUT2D eigenvalue weighted by molar-refractivity contribution is -0.137. The Bertz CT molecular complexity index is 497. The zero-order valence-corrected chi connectivity index (χ0v) is 12.0. The number of hydrogen-bond donors (Lipinski definition) is 2. The van der Waals surface area contributed by atoms with Crippen LogP contribution in [-0.2, 0) is 11.3 Å². The van der Waals surface area contributed by atoms with E-state index in [2.05, 4.69) is 5.32 Å². The minimum Gasteiger partial charge on any atom is -0.497 e. The van der Waals surface area contributed by atoms with Crippen LogP contribution < -0.4 is 10.1 Å². The van der Waals surface area contributed by atoms with Gasteiger partial charge in [-0.2, -0.15) is 0 Å². The van der Waals surface area contributed by atoms with E-state index in [1.807, 2.05) is 24.3 Å². The molecule has 1 fully saturated rings. The van der Waals surface area contributed by atoms with E-state index in [-0.39, 0.29) is 12.6 Å². The predicted molar refractivity (Wildman–Crippen MR) is 77.2 cm³/mol. The average Bonchev–Trinajstić information content (AvgIpc) is 3.28. The highest BCUT2D eigenvalue weighted by atomic mass is 16.5. The Morgan fingerprint density at radius 3 is 2.52 bits per heavy atom. The largest absolute Gasteiger partial charge is 0.497 e. The van der Waals surface area contributed by atoms with Gasteiger partial charge in [0.15, 0.2) is 0 Å². The van der Waals surface area contributed by atoms with Gasteiger partial charge in [-0.1, -0.05) is 12.1 Å². The van der Waals surface area contributed by atoms with Crippen LogP contribution in [0, 0.1) is 5.92 Å². The first-order valence-corrected chi connectivity index (χ1v) is 6.96. The molecule has 0 atom stereocenters. The Kier molecular flexibility index (Phi) is 5.03. The number of carboxylic acid groups (broad SMARTS) is 1. The normalized spacial score (nSPS) is 13.6. The van der Waals surface area contributed by atoms with Crippen molar-refractivity contribution in [2.24, 2.45) is 5.92 Å². The second kappa shape index (κ2) is 6.97. The Labute approximate surface area is 123 Å². The van der Waals surface area contributed by atoms with Crippen LogP contribution in [0.15, 0.2) is 24.3 Å². The van der Waals surface area contributed by atoms with Crippen molar-refractivity contribution < 1.29 is 19.4 Å². The Morgan fingerprint density at radius 2 is 2.00 bits per heavy atom. The molecule has 1 saturated carbocycles. The molecule has 1 aromatic rings. The second-order valence-electron chi connectivity index (χ2n) is 5.22. The highest BCUT2D eigenvalue weighted by molar-refractivity contribution is 5.80. The molecule has 2 amide bonds. The van der Waals surface area contributed by atoms with Gasteiger partial charge in [0.25, 0.3) is 0 Å². The third-order valence-electron chi connectivity index (χ3n) is 3.39. The summed E-state index contributed by atoms with van der Waals surface area (Å²) >= 11 is 0. The summed E-state index contributed by atoms with van der Waals surface area (Å²) in [5.74, 6) is 0.220. The molecule has 2 N–H and O–H groups in total. The molecule has 0 aromatic heterocycles.